The molecule has 3 rings (SSSR count). The van der Waals surface area contributed by atoms with Gasteiger partial charge >= 0.3 is 0 Å². The summed E-state index contributed by atoms with van der Waals surface area (Å²) in [6.07, 6.45) is 4.07. The van der Waals surface area contributed by atoms with Gasteiger partial charge in [0, 0.05) is 30.1 Å². The molecule has 0 N–H and O–H groups in total. The van der Waals surface area contributed by atoms with Crippen LogP contribution in [0.15, 0.2) is 48.8 Å². The van der Waals surface area contributed by atoms with E-state index in [0.717, 1.165) is 0 Å². The number of Topliss-reactive ketones (excluding diaryl/α,β-unsaturated/α-hetero) is 1. The second kappa shape index (κ2) is 5.97. The number of nitrogens with zero attached hydrogens (tertiary/aromatic N) is 2. The Labute approximate surface area is 128 Å². The number of rotatable bonds is 4. The standard InChI is InChI=1S/C17H16N2O3/c1-22-14-6-4-13(5-7-14)19-15(8-9-16(19)20)17(21)12-3-2-10-18-11-12/h2-7,10-11,15H,8-9H2,1H3. The van der Waals surface area contributed by atoms with Crippen molar-refractivity contribution in [3.63, 3.8) is 0 Å². The molecule has 1 amide bonds. The van der Waals surface area contributed by atoms with Gasteiger partial charge in [-0.1, -0.05) is 0 Å². The highest BCUT2D eigenvalue weighted by atomic mass is 16.5. The van der Waals surface area contributed by atoms with Crippen LogP contribution in [0.25, 0.3) is 0 Å². The molecule has 1 aromatic heterocycles. The summed E-state index contributed by atoms with van der Waals surface area (Å²) in [5.41, 5.74) is 1.24. The summed E-state index contributed by atoms with van der Waals surface area (Å²) in [7, 11) is 1.59. The summed E-state index contributed by atoms with van der Waals surface area (Å²) in [5.74, 6) is 0.604. The molecule has 112 valence electrons. The van der Waals surface area contributed by atoms with Gasteiger partial charge in [0.25, 0.3) is 0 Å². The zero-order chi connectivity index (χ0) is 15.5. The van der Waals surface area contributed by atoms with Gasteiger partial charge in [0.2, 0.25) is 5.91 Å². The van der Waals surface area contributed by atoms with Crippen molar-refractivity contribution in [1.29, 1.82) is 0 Å². The molecule has 1 fully saturated rings. The lowest BCUT2D eigenvalue weighted by Gasteiger charge is -2.24. The van der Waals surface area contributed by atoms with Crippen LogP contribution in [0.4, 0.5) is 5.69 Å². The first kappa shape index (κ1) is 14.3. The molecule has 0 bridgehead atoms. The van der Waals surface area contributed by atoms with E-state index in [-0.39, 0.29) is 11.7 Å². The number of carbonyl (C=O) groups excluding carboxylic acids is 2. The van der Waals surface area contributed by atoms with Gasteiger partial charge in [0.15, 0.2) is 5.78 Å². The number of benzene rings is 1. The number of anilines is 1. The molecule has 2 aromatic rings. The number of amides is 1. The van der Waals surface area contributed by atoms with Crippen molar-refractivity contribution in [3.05, 3.63) is 54.4 Å². The number of ether oxygens (including phenoxy) is 1. The van der Waals surface area contributed by atoms with E-state index in [1.807, 2.05) is 0 Å². The zero-order valence-electron chi connectivity index (χ0n) is 12.2. The number of hydrogen-bond donors (Lipinski definition) is 0. The molecule has 2 heterocycles. The van der Waals surface area contributed by atoms with Gasteiger partial charge in [-0.2, -0.15) is 0 Å². The Morgan fingerprint density at radius 1 is 1.27 bits per heavy atom. The molecule has 0 saturated carbocycles. The predicted molar refractivity (Wildman–Crippen MR) is 82.1 cm³/mol. The molecule has 22 heavy (non-hydrogen) atoms. The molecule has 1 aliphatic rings. The minimum Gasteiger partial charge on any atom is -0.497 e. The summed E-state index contributed by atoms with van der Waals surface area (Å²) >= 11 is 0. The summed E-state index contributed by atoms with van der Waals surface area (Å²) in [4.78, 5) is 30.4. The van der Waals surface area contributed by atoms with E-state index in [2.05, 4.69) is 4.98 Å². The largest absolute Gasteiger partial charge is 0.497 e. The van der Waals surface area contributed by atoms with Crippen LogP contribution in [0.3, 0.4) is 0 Å². The van der Waals surface area contributed by atoms with Crippen molar-refractivity contribution in [2.24, 2.45) is 0 Å². The van der Waals surface area contributed by atoms with Crippen molar-refractivity contribution in [3.8, 4) is 5.75 Å². The minimum atomic E-state index is -0.468. The van der Waals surface area contributed by atoms with Crippen LogP contribution in [0.2, 0.25) is 0 Å². The van der Waals surface area contributed by atoms with Crippen molar-refractivity contribution >= 4 is 17.4 Å². The van der Waals surface area contributed by atoms with Gasteiger partial charge in [-0.05, 0) is 42.8 Å². The van der Waals surface area contributed by atoms with Crippen molar-refractivity contribution in [1.82, 2.24) is 4.98 Å². The van der Waals surface area contributed by atoms with Gasteiger partial charge in [-0.25, -0.2) is 0 Å². The van der Waals surface area contributed by atoms with E-state index >= 15 is 0 Å². The van der Waals surface area contributed by atoms with E-state index in [1.54, 1.807) is 54.6 Å². The molecule has 1 saturated heterocycles. The van der Waals surface area contributed by atoms with E-state index in [1.165, 1.54) is 6.20 Å². The number of aromatic nitrogens is 1. The molecular formula is C17H16N2O3. The van der Waals surface area contributed by atoms with Crippen LogP contribution in [0, 0.1) is 0 Å². The number of pyridine rings is 1. The highest BCUT2D eigenvalue weighted by Gasteiger charge is 2.37. The molecule has 1 atom stereocenters. The number of methoxy groups -OCH3 is 1. The third kappa shape index (κ3) is 2.57. The summed E-state index contributed by atoms with van der Waals surface area (Å²) in [6, 6.07) is 10.1. The van der Waals surface area contributed by atoms with Crippen LogP contribution in [0.1, 0.15) is 23.2 Å². The SMILES string of the molecule is COc1ccc(N2C(=O)CCC2C(=O)c2cccnc2)cc1. The molecule has 5 nitrogen and oxygen atoms in total. The highest BCUT2D eigenvalue weighted by molar-refractivity contribution is 6.10. The normalized spacial score (nSPS) is 17.6. The van der Waals surface area contributed by atoms with E-state index < -0.39 is 6.04 Å². The first-order chi connectivity index (χ1) is 10.7. The van der Waals surface area contributed by atoms with Crippen molar-refractivity contribution < 1.29 is 14.3 Å². The second-order valence-electron chi connectivity index (χ2n) is 5.12. The van der Waals surface area contributed by atoms with Crippen LogP contribution >= 0.6 is 0 Å². The topological polar surface area (TPSA) is 59.5 Å². The van der Waals surface area contributed by atoms with Gasteiger partial charge in [-0.3, -0.25) is 14.6 Å². The van der Waals surface area contributed by atoms with E-state index in [4.69, 9.17) is 4.74 Å². The Balaban J connectivity index is 1.90. The Morgan fingerprint density at radius 2 is 2.05 bits per heavy atom. The lowest BCUT2D eigenvalue weighted by molar-refractivity contribution is -0.117. The molecule has 0 spiro atoms. The molecule has 1 aliphatic heterocycles. The molecular weight excluding hydrogens is 280 g/mol. The van der Waals surface area contributed by atoms with Gasteiger partial charge in [0.1, 0.15) is 11.8 Å². The van der Waals surface area contributed by atoms with Crippen molar-refractivity contribution in [2.45, 2.75) is 18.9 Å². The maximum absolute atomic E-state index is 12.6. The highest BCUT2D eigenvalue weighted by Crippen LogP contribution is 2.29. The van der Waals surface area contributed by atoms with E-state index in [0.29, 0.717) is 29.8 Å². The van der Waals surface area contributed by atoms with Crippen LogP contribution in [-0.2, 0) is 4.79 Å². The van der Waals surface area contributed by atoms with Crippen molar-refractivity contribution in [2.75, 3.05) is 12.0 Å². The smallest absolute Gasteiger partial charge is 0.227 e. The summed E-state index contributed by atoms with van der Waals surface area (Å²) in [6.45, 7) is 0. The average Bonchev–Trinajstić information content (AvgIpc) is 2.96. The maximum Gasteiger partial charge on any atom is 0.227 e. The molecule has 0 radical (unpaired) electrons. The molecule has 1 unspecified atom stereocenters. The Morgan fingerprint density at radius 3 is 2.68 bits per heavy atom. The lowest BCUT2D eigenvalue weighted by atomic mass is 10.0. The third-order valence-electron chi connectivity index (χ3n) is 3.81. The number of carbonyl (C=O) groups is 2. The molecule has 0 aliphatic carbocycles. The number of hydrogen-bond acceptors (Lipinski definition) is 4. The fourth-order valence-electron chi connectivity index (χ4n) is 2.70. The van der Waals surface area contributed by atoms with Gasteiger partial charge in [-0.15, -0.1) is 0 Å². The Hall–Kier alpha value is -2.69. The average molecular weight is 296 g/mol. The maximum atomic E-state index is 12.6. The molecule has 5 heteroatoms. The van der Waals surface area contributed by atoms with Crippen LogP contribution < -0.4 is 9.64 Å². The van der Waals surface area contributed by atoms with E-state index in [9.17, 15) is 9.59 Å². The fraction of sp³-hybridized carbons (Fsp3) is 0.235. The monoisotopic (exact) mass is 296 g/mol. The third-order valence-corrected chi connectivity index (χ3v) is 3.81. The first-order valence-electron chi connectivity index (χ1n) is 7.11. The second-order valence-corrected chi connectivity index (χ2v) is 5.12. The van der Waals surface area contributed by atoms with Crippen LogP contribution in [-0.4, -0.2) is 29.8 Å². The van der Waals surface area contributed by atoms with Crippen LogP contribution in [0.5, 0.6) is 5.75 Å². The van der Waals surface area contributed by atoms with Gasteiger partial charge in [0.05, 0.1) is 7.11 Å². The fourth-order valence-corrected chi connectivity index (χ4v) is 2.70. The lowest BCUT2D eigenvalue weighted by Crippen LogP contribution is -2.38. The quantitative estimate of drug-likeness (QED) is 0.813. The predicted octanol–water partition coefficient (Wildman–Crippen LogP) is 2.47. The Bertz CT molecular complexity index is 683. The summed E-state index contributed by atoms with van der Waals surface area (Å²) in [5, 5.41) is 0. The van der Waals surface area contributed by atoms with Gasteiger partial charge < -0.3 is 9.64 Å². The Kier molecular flexibility index (Phi) is 3.87. The number of ketones is 1. The minimum absolute atomic E-state index is 0.0348. The molecule has 1 aromatic carbocycles. The summed E-state index contributed by atoms with van der Waals surface area (Å²) < 4.78 is 5.12. The first-order valence-corrected chi connectivity index (χ1v) is 7.11. The zero-order valence-corrected chi connectivity index (χ0v) is 12.2.